The first-order valence-electron chi connectivity index (χ1n) is 7.70. The van der Waals surface area contributed by atoms with Crippen LogP contribution in [0.3, 0.4) is 0 Å². The lowest BCUT2D eigenvalue weighted by Gasteiger charge is -2.07. The quantitative estimate of drug-likeness (QED) is 0.477. The lowest BCUT2D eigenvalue weighted by Crippen LogP contribution is -2.01. The molecule has 0 radical (unpaired) electrons. The Kier molecular flexibility index (Phi) is 6.74. The van der Waals surface area contributed by atoms with E-state index < -0.39 is 0 Å². The second-order valence-corrected chi connectivity index (χ2v) is 6.26. The van der Waals surface area contributed by atoms with Gasteiger partial charge in [-0.25, -0.2) is 0 Å². The highest BCUT2D eigenvalue weighted by atomic mass is 32.1. The summed E-state index contributed by atoms with van der Waals surface area (Å²) in [6.07, 6.45) is 7.80. The van der Waals surface area contributed by atoms with Gasteiger partial charge in [0, 0.05) is 12.7 Å². The first kappa shape index (κ1) is 16.8. The molecule has 2 rings (SSSR count). The molecule has 2 aromatic rings. The SMILES string of the molecule is C=C(CCCCCCn1ccc(=S)[nH]c1=S)c1ccccc1. The predicted octanol–water partition coefficient (Wildman–Crippen LogP) is 5.94. The molecule has 0 aliphatic heterocycles. The number of allylic oxidation sites excluding steroid dienone is 1. The minimum absolute atomic E-state index is 0.695. The third-order valence-electron chi connectivity index (χ3n) is 3.71. The molecule has 0 atom stereocenters. The van der Waals surface area contributed by atoms with E-state index in [-0.39, 0.29) is 0 Å². The summed E-state index contributed by atoms with van der Waals surface area (Å²) in [5, 5.41) is 0. The number of aryl methyl sites for hydroxylation is 1. The molecule has 1 heterocycles. The Bertz CT molecular complexity index is 714. The number of benzene rings is 1. The third kappa shape index (κ3) is 5.35. The summed E-state index contributed by atoms with van der Waals surface area (Å²) in [6.45, 7) is 5.13. The normalized spacial score (nSPS) is 10.5. The van der Waals surface area contributed by atoms with Gasteiger partial charge in [-0.1, -0.05) is 62.0 Å². The molecule has 0 unspecified atom stereocenters. The molecule has 0 aliphatic carbocycles. The van der Waals surface area contributed by atoms with Gasteiger partial charge in [-0.3, -0.25) is 0 Å². The summed E-state index contributed by atoms with van der Waals surface area (Å²) in [5.74, 6) is 0. The van der Waals surface area contributed by atoms with Crippen LogP contribution in [0.1, 0.15) is 37.7 Å². The van der Waals surface area contributed by atoms with Crippen molar-refractivity contribution < 1.29 is 0 Å². The highest BCUT2D eigenvalue weighted by Crippen LogP contribution is 2.19. The zero-order chi connectivity index (χ0) is 15.8. The first-order chi connectivity index (χ1) is 10.7. The maximum atomic E-state index is 5.26. The molecule has 0 aliphatic rings. The maximum absolute atomic E-state index is 5.26. The van der Waals surface area contributed by atoms with Crippen molar-refractivity contribution in [1.82, 2.24) is 9.55 Å². The zero-order valence-electron chi connectivity index (χ0n) is 12.8. The summed E-state index contributed by atoms with van der Waals surface area (Å²) >= 11 is 10.3. The van der Waals surface area contributed by atoms with Crippen LogP contribution in [-0.4, -0.2) is 9.55 Å². The standard InChI is InChI=1S/C18H22N2S2/c1-15(16-10-6-4-7-11-16)9-5-2-3-8-13-20-14-12-17(21)19-18(20)22/h4,6-7,10-12,14H,1-3,5,8-9,13H2,(H,19,21,22). The largest absolute Gasteiger partial charge is 0.325 e. The number of hydrogen-bond acceptors (Lipinski definition) is 2. The molecule has 1 aromatic carbocycles. The van der Waals surface area contributed by atoms with Crippen LogP contribution in [0.5, 0.6) is 0 Å². The lowest BCUT2D eigenvalue weighted by molar-refractivity contribution is 0.563. The maximum Gasteiger partial charge on any atom is 0.178 e. The van der Waals surface area contributed by atoms with E-state index in [2.05, 4.69) is 35.8 Å². The van der Waals surface area contributed by atoms with E-state index in [0.29, 0.717) is 9.41 Å². The summed E-state index contributed by atoms with van der Waals surface area (Å²) in [7, 11) is 0. The molecular formula is C18H22N2S2. The van der Waals surface area contributed by atoms with Crippen molar-refractivity contribution in [3.8, 4) is 0 Å². The van der Waals surface area contributed by atoms with Gasteiger partial charge in [-0.2, -0.15) is 0 Å². The first-order valence-corrected chi connectivity index (χ1v) is 8.51. The highest BCUT2D eigenvalue weighted by molar-refractivity contribution is 7.72. The molecule has 22 heavy (non-hydrogen) atoms. The number of hydrogen-bond donors (Lipinski definition) is 1. The Morgan fingerprint density at radius 1 is 1.00 bits per heavy atom. The number of rotatable bonds is 8. The molecule has 0 bridgehead atoms. The highest BCUT2D eigenvalue weighted by Gasteiger charge is 1.98. The van der Waals surface area contributed by atoms with Crippen LogP contribution in [0.4, 0.5) is 0 Å². The molecule has 2 nitrogen and oxygen atoms in total. The topological polar surface area (TPSA) is 20.7 Å². The number of aromatic nitrogens is 2. The fraction of sp³-hybridized carbons (Fsp3) is 0.333. The molecule has 0 spiro atoms. The number of nitrogens with one attached hydrogen (secondary N) is 1. The van der Waals surface area contributed by atoms with Gasteiger partial charge in [0.25, 0.3) is 0 Å². The Hall–Kier alpha value is -1.52. The molecule has 116 valence electrons. The Morgan fingerprint density at radius 3 is 2.45 bits per heavy atom. The summed E-state index contributed by atoms with van der Waals surface area (Å²) < 4.78 is 3.46. The van der Waals surface area contributed by atoms with Gasteiger partial charge in [0.1, 0.15) is 4.64 Å². The van der Waals surface area contributed by atoms with E-state index in [1.807, 2.05) is 22.9 Å². The molecule has 0 amide bonds. The van der Waals surface area contributed by atoms with E-state index in [4.69, 9.17) is 24.4 Å². The monoisotopic (exact) mass is 330 g/mol. The fourth-order valence-electron chi connectivity index (χ4n) is 2.41. The van der Waals surface area contributed by atoms with Gasteiger partial charge < -0.3 is 9.55 Å². The summed E-state index contributed by atoms with van der Waals surface area (Å²) in [5.41, 5.74) is 2.49. The zero-order valence-corrected chi connectivity index (χ0v) is 14.4. The van der Waals surface area contributed by atoms with Gasteiger partial charge in [-0.05, 0) is 48.7 Å². The van der Waals surface area contributed by atoms with Crippen LogP contribution in [-0.2, 0) is 6.54 Å². The van der Waals surface area contributed by atoms with Gasteiger partial charge in [0.15, 0.2) is 4.77 Å². The van der Waals surface area contributed by atoms with Gasteiger partial charge in [0.2, 0.25) is 0 Å². The van der Waals surface area contributed by atoms with Crippen molar-refractivity contribution in [3.05, 3.63) is 64.1 Å². The summed E-state index contributed by atoms with van der Waals surface area (Å²) in [4.78, 5) is 3.00. The lowest BCUT2D eigenvalue weighted by atomic mass is 10.0. The molecule has 4 heteroatoms. The Balaban J connectivity index is 1.64. The predicted molar refractivity (Wildman–Crippen MR) is 99.0 cm³/mol. The average molecular weight is 331 g/mol. The van der Waals surface area contributed by atoms with Gasteiger partial charge >= 0.3 is 0 Å². The molecular weight excluding hydrogens is 308 g/mol. The van der Waals surface area contributed by atoms with E-state index in [1.54, 1.807) is 0 Å². The fourth-order valence-corrected chi connectivity index (χ4v) is 2.90. The van der Waals surface area contributed by atoms with Crippen LogP contribution in [0.25, 0.3) is 5.57 Å². The number of nitrogens with zero attached hydrogens (tertiary/aromatic N) is 1. The molecule has 1 aromatic heterocycles. The second kappa shape index (κ2) is 8.81. The van der Waals surface area contributed by atoms with Crippen LogP contribution < -0.4 is 0 Å². The van der Waals surface area contributed by atoms with Gasteiger partial charge in [-0.15, -0.1) is 0 Å². The number of aromatic amines is 1. The van der Waals surface area contributed by atoms with Crippen LogP contribution in [0.15, 0.2) is 49.2 Å². The minimum atomic E-state index is 0.695. The molecule has 0 saturated heterocycles. The smallest absolute Gasteiger partial charge is 0.178 e. The Morgan fingerprint density at radius 2 is 1.73 bits per heavy atom. The van der Waals surface area contributed by atoms with Crippen LogP contribution in [0.2, 0.25) is 0 Å². The van der Waals surface area contributed by atoms with Gasteiger partial charge in [0.05, 0.1) is 0 Å². The van der Waals surface area contributed by atoms with Crippen molar-refractivity contribution in [3.63, 3.8) is 0 Å². The average Bonchev–Trinajstić information content (AvgIpc) is 2.53. The molecule has 0 saturated carbocycles. The third-order valence-corrected chi connectivity index (χ3v) is 4.28. The Labute approximate surface area is 142 Å². The van der Waals surface area contributed by atoms with E-state index in [1.165, 1.54) is 30.4 Å². The molecule has 0 fully saturated rings. The van der Waals surface area contributed by atoms with Crippen molar-refractivity contribution in [2.75, 3.05) is 0 Å². The van der Waals surface area contributed by atoms with E-state index in [9.17, 15) is 0 Å². The van der Waals surface area contributed by atoms with Crippen LogP contribution >= 0.6 is 24.4 Å². The van der Waals surface area contributed by atoms with E-state index in [0.717, 1.165) is 19.4 Å². The minimum Gasteiger partial charge on any atom is -0.325 e. The number of H-pyrrole nitrogens is 1. The summed E-state index contributed by atoms with van der Waals surface area (Å²) in [6, 6.07) is 12.3. The van der Waals surface area contributed by atoms with Crippen molar-refractivity contribution in [2.45, 2.75) is 38.6 Å². The van der Waals surface area contributed by atoms with E-state index >= 15 is 0 Å². The number of unbranched alkanes of at least 4 members (excludes halogenated alkanes) is 3. The van der Waals surface area contributed by atoms with Crippen molar-refractivity contribution >= 4 is 30.0 Å². The van der Waals surface area contributed by atoms with Crippen molar-refractivity contribution in [2.24, 2.45) is 0 Å². The second-order valence-electron chi connectivity index (χ2n) is 5.44. The van der Waals surface area contributed by atoms with Crippen molar-refractivity contribution in [1.29, 1.82) is 0 Å². The van der Waals surface area contributed by atoms with Crippen LogP contribution in [0, 0.1) is 9.41 Å². The molecule has 1 N–H and O–H groups in total.